The maximum absolute atomic E-state index is 12.0. The van der Waals surface area contributed by atoms with E-state index in [0.29, 0.717) is 4.79 Å². The van der Waals surface area contributed by atoms with Crippen LogP contribution in [0.1, 0.15) is 11.3 Å². The average Bonchev–Trinajstić information content (AvgIpc) is 2.29. The molecule has 0 saturated carbocycles. The molecule has 4 nitrogen and oxygen atoms in total. The maximum atomic E-state index is 12.0. The Morgan fingerprint density at radius 2 is 2.17 bits per heavy atom. The molecule has 1 heterocycles. The molecule has 0 aliphatic heterocycles. The van der Waals surface area contributed by atoms with Crippen molar-refractivity contribution in [1.29, 1.82) is 5.26 Å². The van der Waals surface area contributed by atoms with E-state index in [1.165, 1.54) is 6.07 Å². The van der Waals surface area contributed by atoms with E-state index in [2.05, 4.69) is 5.10 Å². The molecule has 0 unspecified atom stereocenters. The molecule has 0 fully saturated rings. The SMILES string of the molecule is N#Cc1cn(N)nc1C(F)(F)F. The summed E-state index contributed by atoms with van der Waals surface area (Å²) in [6.07, 6.45) is -3.82. The molecule has 12 heavy (non-hydrogen) atoms. The van der Waals surface area contributed by atoms with Crippen LogP contribution in [0.25, 0.3) is 0 Å². The van der Waals surface area contributed by atoms with Gasteiger partial charge < -0.3 is 5.84 Å². The van der Waals surface area contributed by atoms with Gasteiger partial charge in [0.05, 0.1) is 6.20 Å². The lowest BCUT2D eigenvalue weighted by atomic mass is 10.3. The summed E-state index contributed by atoms with van der Waals surface area (Å²) >= 11 is 0. The van der Waals surface area contributed by atoms with Crippen molar-refractivity contribution < 1.29 is 13.2 Å². The predicted molar refractivity (Wildman–Crippen MR) is 32.1 cm³/mol. The topological polar surface area (TPSA) is 67.6 Å². The van der Waals surface area contributed by atoms with Crippen molar-refractivity contribution in [3.8, 4) is 6.07 Å². The average molecular weight is 176 g/mol. The highest BCUT2D eigenvalue weighted by Gasteiger charge is 2.37. The van der Waals surface area contributed by atoms with Crippen molar-refractivity contribution in [3.63, 3.8) is 0 Å². The lowest BCUT2D eigenvalue weighted by Gasteiger charge is -2.00. The van der Waals surface area contributed by atoms with Crippen LogP contribution >= 0.6 is 0 Å². The van der Waals surface area contributed by atoms with Gasteiger partial charge in [-0.3, -0.25) is 0 Å². The van der Waals surface area contributed by atoms with Crippen molar-refractivity contribution in [2.45, 2.75) is 6.18 Å². The van der Waals surface area contributed by atoms with E-state index in [9.17, 15) is 13.2 Å². The van der Waals surface area contributed by atoms with Gasteiger partial charge in [-0.05, 0) is 0 Å². The minimum absolute atomic E-state index is 0.460. The van der Waals surface area contributed by atoms with Gasteiger partial charge in [0.25, 0.3) is 0 Å². The second-order valence-electron chi connectivity index (χ2n) is 1.98. The molecular formula is C5H3F3N4. The number of aromatic nitrogens is 2. The van der Waals surface area contributed by atoms with Crippen LogP contribution in [-0.2, 0) is 6.18 Å². The number of nitrogen functional groups attached to an aromatic ring is 1. The molecule has 0 atom stereocenters. The van der Waals surface area contributed by atoms with Crippen LogP contribution in [0, 0.1) is 11.3 Å². The Hall–Kier alpha value is -1.71. The molecule has 1 rings (SSSR count). The van der Waals surface area contributed by atoms with Gasteiger partial charge >= 0.3 is 6.18 Å². The number of hydrogen-bond acceptors (Lipinski definition) is 3. The maximum Gasteiger partial charge on any atom is 0.436 e. The molecule has 64 valence electrons. The summed E-state index contributed by atoms with van der Waals surface area (Å²) in [5.74, 6) is 4.91. The Balaban J connectivity index is 3.25. The van der Waals surface area contributed by atoms with Crippen LogP contribution in [0.4, 0.5) is 13.2 Å². The van der Waals surface area contributed by atoms with E-state index in [1.807, 2.05) is 0 Å². The smallest absolute Gasteiger partial charge is 0.323 e. The van der Waals surface area contributed by atoms with Gasteiger partial charge in [-0.15, -0.1) is 5.10 Å². The fourth-order valence-electron chi connectivity index (χ4n) is 0.683. The van der Waals surface area contributed by atoms with Crippen LogP contribution in [0.3, 0.4) is 0 Å². The van der Waals surface area contributed by atoms with Crippen LogP contribution in [-0.4, -0.2) is 9.89 Å². The molecule has 1 aromatic rings. The fourth-order valence-corrected chi connectivity index (χ4v) is 0.683. The monoisotopic (exact) mass is 176 g/mol. The first-order valence-electron chi connectivity index (χ1n) is 2.77. The molecule has 0 aliphatic rings. The Labute approximate surface area is 65.0 Å². The van der Waals surface area contributed by atoms with Crippen molar-refractivity contribution in [2.24, 2.45) is 0 Å². The number of nitrogens with two attached hydrogens (primary N) is 1. The van der Waals surface area contributed by atoms with Gasteiger partial charge in [-0.1, -0.05) is 0 Å². The fraction of sp³-hybridized carbons (Fsp3) is 0.200. The molecule has 1 aromatic heterocycles. The number of nitrogens with zero attached hydrogens (tertiary/aromatic N) is 3. The Morgan fingerprint density at radius 1 is 1.58 bits per heavy atom. The Kier molecular flexibility index (Phi) is 1.68. The summed E-state index contributed by atoms with van der Waals surface area (Å²) in [5, 5.41) is 11.1. The van der Waals surface area contributed by atoms with E-state index in [4.69, 9.17) is 11.1 Å². The zero-order chi connectivity index (χ0) is 9.35. The van der Waals surface area contributed by atoms with Gasteiger partial charge in [0.15, 0.2) is 5.69 Å². The number of halogens is 3. The van der Waals surface area contributed by atoms with Crippen molar-refractivity contribution in [2.75, 3.05) is 5.84 Å². The highest BCUT2D eigenvalue weighted by Crippen LogP contribution is 2.29. The first-order chi connectivity index (χ1) is 5.45. The van der Waals surface area contributed by atoms with Gasteiger partial charge in [-0.25, -0.2) is 0 Å². The van der Waals surface area contributed by atoms with Gasteiger partial charge in [-0.2, -0.15) is 23.2 Å². The number of hydrogen-bond donors (Lipinski definition) is 1. The van der Waals surface area contributed by atoms with Crippen molar-refractivity contribution in [1.82, 2.24) is 9.89 Å². The largest absolute Gasteiger partial charge is 0.436 e. The van der Waals surface area contributed by atoms with Crippen LogP contribution in [0.15, 0.2) is 6.20 Å². The normalized spacial score (nSPS) is 11.2. The first-order valence-corrected chi connectivity index (χ1v) is 2.77. The van der Waals surface area contributed by atoms with Gasteiger partial charge in [0.1, 0.15) is 11.6 Å². The summed E-state index contributed by atoms with van der Waals surface area (Å²) in [4.78, 5) is 0.460. The van der Waals surface area contributed by atoms with Crippen molar-refractivity contribution >= 4 is 0 Å². The molecule has 7 heteroatoms. The summed E-state index contributed by atoms with van der Waals surface area (Å²) in [6, 6.07) is 1.34. The van der Waals surface area contributed by atoms with E-state index < -0.39 is 17.4 Å². The third kappa shape index (κ3) is 1.32. The van der Waals surface area contributed by atoms with Crippen LogP contribution in [0.5, 0.6) is 0 Å². The molecule has 0 aromatic carbocycles. The third-order valence-corrected chi connectivity index (χ3v) is 1.12. The standard InChI is InChI=1S/C5H3F3N4/c6-5(7,8)4-3(1-9)2-12(10)11-4/h2H,10H2. The molecule has 0 spiro atoms. The Morgan fingerprint density at radius 3 is 2.50 bits per heavy atom. The van der Waals surface area contributed by atoms with E-state index >= 15 is 0 Å². The summed E-state index contributed by atoms with van der Waals surface area (Å²) in [7, 11) is 0. The lowest BCUT2D eigenvalue weighted by molar-refractivity contribution is -0.141. The molecule has 2 N–H and O–H groups in total. The number of alkyl halides is 3. The second-order valence-corrected chi connectivity index (χ2v) is 1.98. The lowest BCUT2D eigenvalue weighted by Crippen LogP contribution is -2.12. The minimum atomic E-state index is -4.63. The highest BCUT2D eigenvalue weighted by atomic mass is 19.4. The molecule has 0 amide bonds. The molecule has 0 radical (unpaired) electrons. The zero-order valence-corrected chi connectivity index (χ0v) is 5.63. The number of nitriles is 1. The second kappa shape index (κ2) is 2.41. The van der Waals surface area contributed by atoms with E-state index in [-0.39, 0.29) is 0 Å². The summed E-state index contributed by atoms with van der Waals surface area (Å²) < 4.78 is 35.9. The van der Waals surface area contributed by atoms with Crippen molar-refractivity contribution in [3.05, 3.63) is 17.5 Å². The van der Waals surface area contributed by atoms with Gasteiger partial charge in [0.2, 0.25) is 0 Å². The molecule has 0 aliphatic carbocycles. The zero-order valence-electron chi connectivity index (χ0n) is 5.63. The highest BCUT2D eigenvalue weighted by molar-refractivity contribution is 5.32. The molecule has 0 saturated heterocycles. The summed E-state index contributed by atoms with van der Waals surface area (Å²) in [5.41, 5.74) is -1.84. The third-order valence-electron chi connectivity index (χ3n) is 1.12. The molecule has 0 bridgehead atoms. The minimum Gasteiger partial charge on any atom is -0.323 e. The van der Waals surface area contributed by atoms with Crippen LogP contribution < -0.4 is 5.84 Å². The first kappa shape index (κ1) is 8.39. The van der Waals surface area contributed by atoms with Gasteiger partial charge in [0, 0.05) is 0 Å². The number of rotatable bonds is 0. The quantitative estimate of drug-likeness (QED) is 0.585. The van der Waals surface area contributed by atoms with Crippen LogP contribution in [0.2, 0.25) is 0 Å². The summed E-state index contributed by atoms with van der Waals surface area (Å²) in [6.45, 7) is 0. The Bertz CT molecular complexity index is 331. The molecular weight excluding hydrogens is 173 g/mol. The van der Waals surface area contributed by atoms with E-state index in [0.717, 1.165) is 6.20 Å². The predicted octanol–water partition coefficient (Wildman–Crippen LogP) is 0.487. The van der Waals surface area contributed by atoms with E-state index in [1.54, 1.807) is 0 Å².